The summed E-state index contributed by atoms with van der Waals surface area (Å²) in [6, 6.07) is 14.4. The maximum Gasteiger partial charge on any atom is 0.264 e. The number of hydrogen-bond donors (Lipinski definition) is 2. The number of carbonyl (C=O) groups is 1. The number of phenolic OH excluding ortho intramolecular Hbond substituents is 1. The van der Waals surface area contributed by atoms with E-state index in [1.54, 1.807) is 35.4 Å². The van der Waals surface area contributed by atoms with Crippen LogP contribution in [0.2, 0.25) is 0 Å². The highest BCUT2D eigenvalue weighted by Gasteiger charge is 2.25. The summed E-state index contributed by atoms with van der Waals surface area (Å²) in [4.78, 5) is 15.4. The minimum atomic E-state index is -0.101. The van der Waals surface area contributed by atoms with Crippen LogP contribution < -0.4 is 10.2 Å². The SMILES string of the molecule is Cn1ncc2cc(N(C(=O)c3ccn4c3CNCC4)c3ccc(O)cc3)ccc21. The summed E-state index contributed by atoms with van der Waals surface area (Å²) in [5, 5.41) is 18.3. The first-order chi connectivity index (χ1) is 14.1. The van der Waals surface area contributed by atoms with Gasteiger partial charge in [0, 0.05) is 49.6 Å². The Hall–Kier alpha value is -3.58. The van der Waals surface area contributed by atoms with Crippen LogP contribution >= 0.6 is 0 Å². The molecule has 146 valence electrons. The Bertz CT molecular complexity index is 1210. The van der Waals surface area contributed by atoms with Gasteiger partial charge in [0.05, 0.1) is 23.0 Å². The van der Waals surface area contributed by atoms with Crippen LogP contribution in [0.25, 0.3) is 10.9 Å². The van der Waals surface area contributed by atoms with Crippen molar-refractivity contribution in [2.45, 2.75) is 13.1 Å². The van der Waals surface area contributed by atoms with Gasteiger partial charge in [-0.25, -0.2) is 0 Å². The van der Waals surface area contributed by atoms with E-state index in [0.29, 0.717) is 17.8 Å². The number of aryl methyl sites for hydroxylation is 1. The van der Waals surface area contributed by atoms with Gasteiger partial charge in [0.1, 0.15) is 5.75 Å². The van der Waals surface area contributed by atoms with Gasteiger partial charge in [-0.05, 0) is 48.5 Å². The van der Waals surface area contributed by atoms with Crippen molar-refractivity contribution in [1.82, 2.24) is 19.7 Å². The minimum Gasteiger partial charge on any atom is -0.508 e. The molecule has 0 atom stereocenters. The van der Waals surface area contributed by atoms with E-state index in [0.717, 1.165) is 35.4 Å². The van der Waals surface area contributed by atoms with Gasteiger partial charge in [0.2, 0.25) is 0 Å². The summed E-state index contributed by atoms with van der Waals surface area (Å²) in [6.07, 6.45) is 3.77. The number of nitrogens with zero attached hydrogens (tertiary/aromatic N) is 4. The molecular formula is C22H21N5O2. The molecule has 1 amide bonds. The van der Waals surface area contributed by atoms with Crippen LogP contribution in [0.15, 0.2) is 60.9 Å². The fourth-order valence-electron chi connectivity index (χ4n) is 3.91. The Kier molecular flexibility index (Phi) is 4.10. The second-order valence-electron chi connectivity index (χ2n) is 7.21. The third-order valence-electron chi connectivity index (χ3n) is 5.43. The van der Waals surface area contributed by atoms with Crippen LogP contribution in [0.1, 0.15) is 16.1 Å². The summed E-state index contributed by atoms with van der Waals surface area (Å²) in [7, 11) is 1.89. The summed E-state index contributed by atoms with van der Waals surface area (Å²) >= 11 is 0. The van der Waals surface area contributed by atoms with Crippen molar-refractivity contribution >= 4 is 28.2 Å². The molecule has 1 aliphatic heterocycles. The van der Waals surface area contributed by atoms with Gasteiger partial charge in [0.15, 0.2) is 0 Å². The Balaban J connectivity index is 1.64. The predicted molar refractivity (Wildman–Crippen MR) is 111 cm³/mol. The average Bonchev–Trinajstić information content (AvgIpc) is 3.33. The largest absolute Gasteiger partial charge is 0.508 e. The second-order valence-corrected chi connectivity index (χ2v) is 7.21. The average molecular weight is 387 g/mol. The van der Waals surface area contributed by atoms with Gasteiger partial charge in [-0.3, -0.25) is 14.4 Å². The molecular weight excluding hydrogens is 366 g/mol. The maximum atomic E-state index is 13.7. The molecule has 7 nitrogen and oxygen atoms in total. The van der Waals surface area contributed by atoms with Crippen LogP contribution in [-0.4, -0.2) is 31.9 Å². The van der Waals surface area contributed by atoms with Crippen molar-refractivity contribution in [2.75, 3.05) is 11.4 Å². The fourth-order valence-corrected chi connectivity index (χ4v) is 3.91. The summed E-state index contributed by atoms with van der Waals surface area (Å²) in [6.45, 7) is 2.41. The lowest BCUT2D eigenvalue weighted by Crippen LogP contribution is -2.31. The predicted octanol–water partition coefficient (Wildman–Crippen LogP) is 3.16. The molecule has 0 aliphatic carbocycles. The third kappa shape index (κ3) is 2.96. The standard InChI is InChI=1S/C22H21N5O2/c1-25-20-7-4-17(12-15(20)13-24-25)27(16-2-5-18(28)6-3-16)22(29)19-8-10-26-11-9-23-14-21(19)26/h2-8,10,12-13,23,28H,9,11,14H2,1H3. The number of aromatic nitrogens is 3. The number of nitrogens with one attached hydrogen (secondary N) is 1. The van der Waals surface area contributed by atoms with Crippen molar-refractivity contribution in [3.05, 3.63) is 72.2 Å². The van der Waals surface area contributed by atoms with Gasteiger partial charge >= 0.3 is 0 Å². The first-order valence-electron chi connectivity index (χ1n) is 9.56. The number of carbonyl (C=O) groups excluding carboxylic acids is 1. The van der Waals surface area contributed by atoms with E-state index in [2.05, 4.69) is 15.0 Å². The summed E-state index contributed by atoms with van der Waals surface area (Å²) in [5.74, 6) is 0.0608. The molecule has 0 saturated heterocycles. The minimum absolute atomic E-state index is 0.101. The van der Waals surface area contributed by atoms with Gasteiger partial charge in [-0.2, -0.15) is 5.10 Å². The molecule has 0 saturated carbocycles. The van der Waals surface area contributed by atoms with E-state index in [1.807, 2.05) is 42.2 Å². The lowest BCUT2D eigenvalue weighted by atomic mass is 10.1. The third-order valence-corrected chi connectivity index (χ3v) is 5.43. The quantitative estimate of drug-likeness (QED) is 0.566. The van der Waals surface area contributed by atoms with Crippen molar-refractivity contribution in [3.8, 4) is 5.75 Å². The van der Waals surface area contributed by atoms with Gasteiger partial charge < -0.3 is 15.0 Å². The molecule has 29 heavy (non-hydrogen) atoms. The van der Waals surface area contributed by atoms with Gasteiger partial charge in [0.25, 0.3) is 5.91 Å². The van der Waals surface area contributed by atoms with E-state index in [-0.39, 0.29) is 11.7 Å². The number of fused-ring (bicyclic) bond motifs is 2. The number of amides is 1. The van der Waals surface area contributed by atoms with Crippen molar-refractivity contribution in [2.24, 2.45) is 7.05 Å². The Morgan fingerprint density at radius 3 is 2.76 bits per heavy atom. The highest BCUT2D eigenvalue weighted by atomic mass is 16.3. The number of benzene rings is 2. The van der Waals surface area contributed by atoms with E-state index in [1.165, 1.54) is 0 Å². The van der Waals surface area contributed by atoms with E-state index < -0.39 is 0 Å². The van der Waals surface area contributed by atoms with Gasteiger partial charge in [-0.15, -0.1) is 0 Å². The lowest BCUT2D eigenvalue weighted by Gasteiger charge is -2.25. The Morgan fingerprint density at radius 2 is 1.93 bits per heavy atom. The molecule has 2 N–H and O–H groups in total. The molecule has 0 radical (unpaired) electrons. The molecule has 7 heteroatoms. The van der Waals surface area contributed by atoms with Crippen molar-refractivity contribution < 1.29 is 9.90 Å². The molecule has 3 heterocycles. The smallest absolute Gasteiger partial charge is 0.264 e. The molecule has 2 aromatic heterocycles. The zero-order chi connectivity index (χ0) is 20.0. The topological polar surface area (TPSA) is 75.3 Å². The fraction of sp³-hybridized carbons (Fsp3) is 0.182. The molecule has 2 aromatic carbocycles. The van der Waals surface area contributed by atoms with Crippen LogP contribution in [0.4, 0.5) is 11.4 Å². The number of hydrogen-bond acceptors (Lipinski definition) is 4. The Morgan fingerprint density at radius 1 is 1.14 bits per heavy atom. The first-order valence-corrected chi connectivity index (χ1v) is 9.56. The zero-order valence-corrected chi connectivity index (χ0v) is 16.0. The molecule has 0 bridgehead atoms. The van der Waals surface area contributed by atoms with E-state index in [9.17, 15) is 9.90 Å². The normalized spacial score (nSPS) is 13.4. The molecule has 0 unspecified atom stereocenters. The van der Waals surface area contributed by atoms with E-state index in [4.69, 9.17) is 0 Å². The summed E-state index contributed by atoms with van der Waals surface area (Å²) < 4.78 is 3.94. The van der Waals surface area contributed by atoms with Gasteiger partial charge in [-0.1, -0.05) is 0 Å². The monoisotopic (exact) mass is 387 g/mol. The molecule has 1 aliphatic rings. The number of phenols is 1. The first kappa shape index (κ1) is 17.5. The second kappa shape index (κ2) is 6.79. The number of aromatic hydroxyl groups is 1. The number of anilines is 2. The molecule has 0 spiro atoms. The van der Waals surface area contributed by atoms with E-state index >= 15 is 0 Å². The lowest BCUT2D eigenvalue weighted by molar-refractivity contribution is 0.0998. The maximum absolute atomic E-state index is 13.7. The van der Waals surface area contributed by atoms with Crippen LogP contribution in [0.5, 0.6) is 5.75 Å². The highest BCUT2D eigenvalue weighted by molar-refractivity contribution is 6.12. The zero-order valence-electron chi connectivity index (χ0n) is 16.0. The van der Waals surface area contributed by atoms with Crippen LogP contribution in [0.3, 0.4) is 0 Å². The Labute approximate surface area is 167 Å². The number of rotatable bonds is 3. The highest BCUT2D eigenvalue weighted by Crippen LogP contribution is 2.32. The van der Waals surface area contributed by atoms with Crippen molar-refractivity contribution in [3.63, 3.8) is 0 Å². The van der Waals surface area contributed by atoms with Crippen LogP contribution in [-0.2, 0) is 20.1 Å². The molecule has 0 fully saturated rings. The molecule has 5 rings (SSSR count). The van der Waals surface area contributed by atoms with Crippen molar-refractivity contribution in [1.29, 1.82) is 0 Å². The summed E-state index contributed by atoms with van der Waals surface area (Å²) in [5.41, 5.74) is 4.12. The van der Waals surface area contributed by atoms with Crippen LogP contribution in [0, 0.1) is 0 Å². The molecule has 4 aromatic rings.